The molecule has 0 radical (unpaired) electrons. The third-order valence-electron chi connectivity index (χ3n) is 10.9. The van der Waals surface area contributed by atoms with Crippen molar-refractivity contribution in [2.45, 2.75) is 70.2 Å². The quantitative estimate of drug-likeness (QED) is 0.277. The summed E-state index contributed by atoms with van der Waals surface area (Å²) in [5.74, 6) is 2.39. The number of aryl methyl sites for hydroxylation is 3. The maximum atomic E-state index is 5.39. The lowest BCUT2D eigenvalue weighted by atomic mass is 9.98. The number of rotatable bonds is 6. The van der Waals surface area contributed by atoms with Crippen LogP contribution >= 0.6 is 0 Å². The standard InChI is InChI=1S/C34H39N12/c1-4-23-6-3-17-42-20-28(26(7-1)31(23)42)34-38-46(41-44(34)19-22-11-14-35-15-12-22)30-10-9-24-5-2-8-27-29(21-43(30)32(24)27)33-37-39-40-45(33)25-13-16-36-18-25/h1-2,4-5,7-8,20-22,25,30,35-36H,3,6,9-19H2/q+1. The van der Waals surface area contributed by atoms with E-state index in [4.69, 9.17) is 10.3 Å². The molecule has 2 saturated heterocycles. The van der Waals surface area contributed by atoms with Gasteiger partial charge in [-0.15, -0.1) is 9.78 Å². The highest BCUT2D eigenvalue weighted by Gasteiger charge is 2.36. The van der Waals surface area contributed by atoms with Crippen molar-refractivity contribution in [1.29, 1.82) is 0 Å². The highest BCUT2D eigenvalue weighted by Crippen LogP contribution is 2.39. The van der Waals surface area contributed by atoms with Gasteiger partial charge in [-0.05, 0) is 85.6 Å². The summed E-state index contributed by atoms with van der Waals surface area (Å²) in [6.07, 6.45) is 12.1. The molecule has 0 saturated carbocycles. The second-order valence-corrected chi connectivity index (χ2v) is 13.6. The molecule has 0 aliphatic carbocycles. The van der Waals surface area contributed by atoms with E-state index in [-0.39, 0.29) is 12.2 Å². The van der Waals surface area contributed by atoms with Crippen molar-refractivity contribution in [3.63, 3.8) is 0 Å². The van der Waals surface area contributed by atoms with Gasteiger partial charge in [-0.1, -0.05) is 36.4 Å². The molecule has 4 aliphatic heterocycles. The second-order valence-electron chi connectivity index (χ2n) is 13.6. The van der Waals surface area contributed by atoms with Crippen molar-refractivity contribution in [3.8, 4) is 22.8 Å². The zero-order valence-corrected chi connectivity index (χ0v) is 26.0. The van der Waals surface area contributed by atoms with E-state index >= 15 is 0 Å². The lowest BCUT2D eigenvalue weighted by molar-refractivity contribution is -0.752. The van der Waals surface area contributed by atoms with E-state index in [1.165, 1.54) is 44.9 Å². The van der Waals surface area contributed by atoms with E-state index in [1.54, 1.807) is 0 Å². The number of hydrogen-bond acceptors (Lipinski definition) is 7. The van der Waals surface area contributed by atoms with Crippen molar-refractivity contribution in [1.82, 2.24) is 55.1 Å². The summed E-state index contributed by atoms with van der Waals surface area (Å²) in [6, 6.07) is 13.7. The molecule has 12 nitrogen and oxygen atoms in total. The third-order valence-corrected chi connectivity index (χ3v) is 10.9. The average Bonchev–Trinajstić information content (AvgIpc) is 3.93. The van der Waals surface area contributed by atoms with Crippen molar-refractivity contribution in [2.24, 2.45) is 5.92 Å². The number of hydrogen-bond donors (Lipinski definition) is 2. The summed E-state index contributed by atoms with van der Waals surface area (Å²) in [5, 5.41) is 33.3. The molecule has 2 unspecified atom stereocenters. The Morgan fingerprint density at radius 3 is 2.52 bits per heavy atom. The highest BCUT2D eigenvalue weighted by molar-refractivity contribution is 5.97. The molecule has 6 aromatic rings. The molecule has 2 fully saturated rings. The van der Waals surface area contributed by atoms with Gasteiger partial charge in [-0.25, -0.2) is 4.68 Å². The molecule has 12 heteroatoms. The first-order valence-electron chi connectivity index (χ1n) is 17.1. The lowest BCUT2D eigenvalue weighted by Crippen LogP contribution is -2.45. The molecular formula is C34H39N12+. The van der Waals surface area contributed by atoms with Gasteiger partial charge in [-0.2, -0.15) is 0 Å². The van der Waals surface area contributed by atoms with Crippen LogP contribution in [0.5, 0.6) is 0 Å². The van der Waals surface area contributed by atoms with Crippen LogP contribution in [0.1, 0.15) is 55.4 Å². The first-order chi connectivity index (χ1) is 22.8. The van der Waals surface area contributed by atoms with Gasteiger partial charge in [-0.3, -0.25) is 0 Å². The molecule has 2 atom stereocenters. The molecule has 0 spiro atoms. The van der Waals surface area contributed by atoms with Gasteiger partial charge >= 0.3 is 5.82 Å². The number of nitrogens with one attached hydrogen (secondary N) is 2. The molecule has 2 N–H and O–H groups in total. The first-order valence-corrected chi connectivity index (χ1v) is 17.1. The van der Waals surface area contributed by atoms with Gasteiger partial charge in [0.2, 0.25) is 6.17 Å². The van der Waals surface area contributed by atoms with E-state index in [9.17, 15) is 0 Å². The molecule has 4 aliphatic rings. The molecule has 0 bridgehead atoms. The van der Waals surface area contributed by atoms with Crippen molar-refractivity contribution in [3.05, 3.63) is 59.9 Å². The minimum atomic E-state index is -0.0451. The fourth-order valence-electron chi connectivity index (χ4n) is 8.62. The van der Waals surface area contributed by atoms with Gasteiger partial charge in [0.15, 0.2) is 5.82 Å². The molecule has 234 valence electrons. The average molecular weight is 616 g/mol. The Bertz CT molecular complexity index is 2080. The summed E-state index contributed by atoms with van der Waals surface area (Å²) >= 11 is 0. The van der Waals surface area contributed by atoms with Crippen LogP contribution in [-0.2, 0) is 25.9 Å². The van der Waals surface area contributed by atoms with Gasteiger partial charge in [0.1, 0.15) is 0 Å². The van der Waals surface area contributed by atoms with Gasteiger partial charge in [0, 0.05) is 53.0 Å². The van der Waals surface area contributed by atoms with Gasteiger partial charge < -0.3 is 19.8 Å². The minimum absolute atomic E-state index is 0.0451. The number of para-hydroxylation sites is 2. The Balaban J connectivity index is 1.12. The SMILES string of the molecule is c1cc2c3c(c1)c(-c1nn(C4CCc5cccc6c(-c7nnnn7C7CCNC7)cn4c56)n[n+]1CC1CCNCC1)cn3CCC2. The molecule has 2 aromatic carbocycles. The third kappa shape index (κ3) is 4.12. The number of benzene rings is 2. The van der Waals surface area contributed by atoms with E-state index in [1.807, 2.05) is 9.48 Å². The van der Waals surface area contributed by atoms with Crippen LogP contribution in [0.4, 0.5) is 0 Å². The summed E-state index contributed by atoms with van der Waals surface area (Å²) in [4.78, 5) is 2.01. The maximum absolute atomic E-state index is 5.39. The summed E-state index contributed by atoms with van der Waals surface area (Å²) < 4.78 is 9.08. The van der Waals surface area contributed by atoms with E-state index in [0.717, 1.165) is 95.0 Å². The largest absolute Gasteiger partial charge is 0.346 e. The Morgan fingerprint density at radius 1 is 0.848 bits per heavy atom. The Morgan fingerprint density at radius 2 is 1.67 bits per heavy atom. The van der Waals surface area contributed by atoms with Crippen LogP contribution in [0.3, 0.4) is 0 Å². The monoisotopic (exact) mass is 615 g/mol. The predicted octanol–water partition coefficient (Wildman–Crippen LogP) is 3.27. The molecular weight excluding hydrogens is 576 g/mol. The molecule has 0 amide bonds. The van der Waals surface area contributed by atoms with Gasteiger partial charge in [0.05, 0.1) is 39.5 Å². The van der Waals surface area contributed by atoms with E-state index < -0.39 is 0 Å². The highest BCUT2D eigenvalue weighted by atomic mass is 15.7. The molecule has 46 heavy (non-hydrogen) atoms. The fraction of sp³-hybridized carbons (Fsp3) is 0.471. The van der Waals surface area contributed by atoms with Crippen LogP contribution in [0.2, 0.25) is 0 Å². The Kier molecular flexibility index (Phi) is 6.15. The normalized spacial score (nSPS) is 21.6. The first kappa shape index (κ1) is 26.8. The van der Waals surface area contributed by atoms with Crippen LogP contribution in [0.25, 0.3) is 44.6 Å². The lowest BCUT2D eigenvalue weighted by Gasteiger charge is -2.21. The van der Waals surface area contributed by atoms with Crippen molar-refractivity contribution >= 4 is 21.8 Å². The zero-order valence-electron chi connectivity index (χ0n) is 26.0. The Hall–Kier alpha value is -4.42. The summed E-state index contributed by atoms with van der Waals surface area (Å²) in [5.41, 5.74) is 7.66. The number of tetrazole rings is 2. The molecule has 8 heterocycles. The summed E-state index contributed by atoms with van der Waals surface area (Å²) in [7, 11) is 0. The van der Waals surface area contributed by atoms with Crippen molar-refractivity contribution in [2.75, 3.05) is 26.2 Å². The zero-order chi connectivity index (χ0) is 30.2. The minimum Gasteiger partial charge on any atom is -0.346 e. The van der Waals surface area contributed by atoms with Crippen molar-refractivity contribution < 1.29 is 4.68 Å². The number of piperidine rings is 1. The number of nitrogens with zero attached hydrogens (tertiary/aromatic N) is 10. The van der Waals surface area contributed by atoms with Crippen LogP contribution < -0.4 is 15.3 Å². The number of aromatic nitrogens is 10. The maximum Gasteiger partial charge on any atom is 0.332 e. The summed E-state index contributed by atoms with van der Waals surface area (Å²) in [6.45, 7) is 5.94. The van der Waals surface area contributed by atoms with E-state index in [0.29, 0.717) is 5.92 Å². The topological polar surface area (TPSA) is 112 Å². The smallest absolute Gasteiger partial charge is 0.332 e. The van der Waals surface area contributed by atoms with Gasteiger partial charge in [0.25, 0.3) is 0 Å². The van der Waals surface area contributed by atoms with Crippen LogP contribution in [0.15, 0.2) is 48.8 Å². The Labute approximate surface area is 266 Å². The predicted molar refractivity (Wildman–Crippen MR) is 173 cm³/mol. The fourth-order valence-corrected chi connectivity index (χ4v) is 8.62. The van der Waals surface area contributed by atoms with Crippen LogP contribution in [-0.4, -0.2) is 70.6 Å². The van der Waals surface area contributed by atoms with E-state index in [2.05, 4.69) is 88.8 Å². The molecule has 4 aromatic heterocycles. The molecule has 10 rings (SSSR count). The van der Waals surface area contributed by atoms with Crippen LogP contribution in [0, 0.1) is 5.92 Å². The second kappa shape index (κ2) is 10.6.